The lowest BCUT2D eigenvalue weighted by molar-refractivity contribution is -0.137. The Bertz CT molecular complexity index is 1490. The number of carbonyl (C=O) groups excluding carboxylic acids is 1. The molecule has 0 aliphatic carbocycles. The molecule has 4 aromatic rings. The molecule has 7 nitrogen and oxygen atoms in total. The number of anilines is 2. The average Bonchev–Trinajstić information content (AvgIpc) is 2.99. The van der Waals surface area contributed by atoms with E-state index >= 15 is 0 Å². The van der Waals surface area contributed by atoms with Gasteiger partial charge in [-0.15, -0.1) is 0 Å². The first-order chi connectivity index (χ1) is 19.7. The number of aryl methyl sites for hydroxylation is 1. The molecule has 0 atom stereocenters. The second kappa shape index (κ2) is 12.6. The largest absolute Gasteiger partial charge is 0.416 e. The average molecular weight is 579 g/mol. The molecule has 0 saturated carbocycles. The number of amides is 1. The highest BCUT2D eigenvalue weighted by atomic mass is 32.2. The lowest BCUT2D eigenvalue weighted by Crippen LogP contribution is -2.47. The van der Waals surface area contributed by atoms with E-state index < -0.39 is 11.7 Å². The molecular formula is C30H29F3N6OS. The van der Waals surface area contributed by atoms with E-state index in [1.54, 1.807) is 18.3 Å². The summed E-state index contributed by atoms with van der Waals surface area (Å²) in [5, 5.41) is 3.53. The SMILES string of the molecule is Cc1cc(N2CCN(c3cccc(C(F)(F)F)c3)CC2)nc(SCc2cccc(C(=O)NCc3ccccn3)c2)n1. The summed E-state index contributed by atoms with van der Waals surface area (Å²) < 4.78 is 39.4. The minimum atomic E-state index is -4.36. The highest BCUT2D eigenvalue weighted by Gasteiger charge is 2.31. The van der Waals surface area contributed by atoms with Crippen molar-refractivity contribution in [3.8, 4) is 0 Å². The van der Waals surface area contributed by atoms with Crippen molar-refractivity contribution < 1.29 is 18.0 Å². The lowest BCUT2D eigenvalue weighted by atomic mass is 10.1. The fraction of sp³-hybridized carbons (Fsp3) is 0.267. The van der Waals surface area contributed by atoms with E-state index in [2.05, 4.69) is 20.2 Å². The van der Waals surface area contributed by atoms with Crippen molar-refractivity contribution in [3.63, 3.8) is 0 Å². The van der Waals surface area contributed by atoms with E-state index in [4.69, 9.17) is 4.98 Å². The molecule has 1 fully saturated rings. The summed E-state index contributed by atoms with van der Waals surface area (Å²) in [6, 6.07) is 20.4. The summed E-state index contributed by atoms with van der Waals surface area (Å²) in [6.07, 6.45) is -2.67. The highest BCUT2D eigenvalue weighted by Crippen LogP contribution is 2.32. The van der Waals surface area contributed by atoms with Crippen LogP contribution in [0, 0.1) is 6.92 Å². The van der Waals surface area contributed by atoms with E-state index in [1.807, 2.05) is 54.3 Å². The number of hydrogen-bond donors (Lipinski definition) is 1. The minimum absolute atomic E-state index is 0.166. The van der Waals surface area contributed by atoms with Gasteiger partial charge in [-0.1, -0.05) is 36.0 Å². The maximum Gasteiger partial charge on any atom is 0.416 e. The Labute approximate surface area is 240 Å². The first-order valence-corrected chi connectivity index (χ1v) is 14.2. The van der Waals surface area contributed by atoms with E-state index in [0.29, 0.717) is 54.9 Å². The molecule has 0 spiro atoms. The van der Waals surface area contributed by atoms with Gasteiger partial charge >= 0.3 is 6.18 Å². The second-order valence-corrected chi connectivity index (χ2v) is 10.6. The van der Waals surface area contributed by atoms with Crippen LogP contribution in [0.1, 0.15) is 32.9 Å². The van der Waals surface area contributed by atoms with Crippen molar-refractivity contribution in [3.05, 3.63) is 107 Å². The highest BCUT2D eigenvalue weighted by molar-refractivity contribution is 7.98. The van der Waals surface area contributed by atoms with Gasteiger partial charge in [0, 0.05) is 61.1 Å². The summed E-state index contributed by atoms with van der Waals surface area (Å²) >= 11 is 1.49. The number of pyridine rings is 1. The van der Waals surface area contributed by atoms with Gasteiger partial charge in [-0.2, -0.15) is 13.2 Å². The topological polar surface area (TPSA) is 74.2 Å². The first-order valence-electron chi connectivity index (χ1n) is 13.2. The third kappa shape index (κ3) is 7.55. The molecule has 0 radical (unpaired) electrons. The van der Waals surface area contributed by atoms with Crippen molar-refractivity contribution >= 4 is 29.2 Å². The van der Waals surface area contributed by atoms with Crippen molar-refractivity contribution in [1.29, 1.82) is 0 Å². The number of halogens is 3. The maximum absolute atomic E-state index is 13.1. The Hall–Kier alpha value is -4.12. The van der Waals surface area contributed by atoms with Gasteiger partial charge < -0.3 is 15.1 Å². The van der Waals surface area contributed by atoms with E-state index in [0.717, 1.165) is 28.8 Å². The molecule has 2 aromatic carbocycles. The zero-order valence-corrected chi connectivity index (χ0v) is 23.3. The van der Waals surface area contributed by atoms with Crippen molar-refractivity contribution in [2.75, 3.05) is 36.0 Å². The number of alkyl halides is 3. The molecule has 1 saturated heterocycles. The van der Waals surface area contributed by atoms with Crippen LogP contribution in [0.2, 0.25) is 0 Å². The fourth-order valence-corrected chi connectivity index (χ4v) is 5.39. The van der Waals surface area contributed by atoms with E-state index in [9.17, 15) is 18.0 Å². The first kappa shape index (κ1) is 28.4. The van der Waals surface area contributed by atoms with Crippen LogP contribution < -0.4 is 15.1 Å². The van der Waals surface area contributed by atoms with Crippen LogP contribution in [0.25, 0.3) is 0 Å². The number of carbonyl (C=O) groups is 1. The number of thioether (sulfide) groups is 1. The van der Waals surface area contributed by atoms with Crippen LogP contribution in [0.3, 0.4) is 0 Å². The van der Waals surface area contributed by atoms with Gasteiger partial charge in [0.2, 0.25) is 0 Å². The van der Waals surface area contributed by atoms with Crippen molar-refractivity contribution in [1.82, 2.24) is 20.3 Å². The van der Waals surface area contributed by atoms with Crippen LogP contribution in [0.4, 0.5) is 24.7 Å². The number of nitrogens with one attached hydrogen (secondary N) is 1. The molecule has 3 heterocycles. The summed E-state index contributed by atoms with van der Waals surface area (Å²) in [5.74, 6) is 1.22. The molecule has 5 rings (SSSR count). The summed E-state index contributed by atoms with van der Waals surface area (Å²) in [5.41, 5.74) is 3.10. The number of rotatable bonds is 8. The third-order valence-corrected chi connectivity index (χ3v) is 7.59. The Kier molecular flexibility index (Phi) is 8.72. The Morgan fingerprint density at radius 2 is 1.71 bits per heavy atom. The zero-order chi connectivity index (χ0) is 28.8. The van der Waals surface area contributed by atoms with Crippen LogP contribution in [0.15, 0.2) is 84.1 Å². The standard InChI is InChI=1S/C30H29F3N6OS/c1-21-16-27(39-14-12-38(13-15-39)26-10-5-8-24(18-26)30(31,32)33)37-29(36-21)41-20-22-6-4-7-23(17-22)28(40)35-19-25-9-2-3-11-34-25/h2-11,16-18H,12-15,19-20H2,1H3,(H,35,40). The van der Waals surface area contributed by atoms with Gasteiger partial charge in [0.15, 0.2) is 5.16 Å². The fourth-order valence-electron chi connectivity index (χ4n) is 4.55. The van der Waals surface area contributed by atoms with Gasteiger partial charge in [0.1, 0.15) is 5.82 Å². The number of nitrogens with zero attached hydrogens (tertiary/aromatic N) is 5. The predicted octanol–water partition coefficient (Wildman–Crippen LogP) is 5.75. The van der Waals surface area contributed by atoms with Crippen molar-refractivity contribution in [2.45, 2.75) is 30.6 Å². The second-order valence-electron chi connectivity index (χ2n) is 9.67. The van der Waals surface area contributed by atoms with Gasteiger partial charge in [-0.05, 0) is 55.0 Å². The van der Waals surface area contributed by atoms with Crippen LogP contribution >= 0.6 is 11.8 Å². The summed E-state index contributed by atoms with van der Waals surface area (Å²) in [4.78, 5) is 30.3. The number of benzene rings is 2. The molecular weight excluding hydrogens is 549 g/mol. The van der Waals surface area contributed by atoms with E-state index in [-0.39, 0.29) is 5.91 Å². The van der Waals surface area contributed by atoms with Gasteiger partial charge in [-0.3, -0.25) is 9.78 Å². The van der Waals surface area contributed by atoms with Crippen LogP contribution in [0.5, 0.6) is 0 Å². The Balaban J connectivity index is 1.18. The molecule has 1 N–H and O–H groups in total. The quantitative estimate of drug-likeness (QED) is 0.211. The zero-order valence-electron chi connectivity index (χ0n) is 22.4. The molecule has 212 valence electrons. The molecule has 11 heteroatoms. The molecule has 1 amide bonds. The molecule has 2 aromatic heterocycles. The maximum atomic E-state index is 13.1. The van der Waals surface area contributed by atoms with Gasteiger partial charge in [0.25, 0.3) is 5.91 Å². The molecule has 1 aliphatic rings. The number of aromatic nitrogens is 3. The Morgan fingerprint density at radius 3 is 2.46 bits per heavy atom. The predicted molar refractivity (Wildman–Crippen MR) is 154 cm³/mol. The van der Waals surface area contributed by atoms with Gasteiger partial charge in [-0.25, -0.2) is 9.97 Å². The molecule has 0 bridgehead atoms. The Morgan fingerprint density at radius 1 is 0.927 bits per heavy atom. The van der Waals surface area contributed by atoms with Gasteiger partial charge in [0.05, 0.1) is 17.8 Å². The lowest BCUT2D eigenvalue weighted by Gasteiger charge is -2.37. The molecule has 41 heavy (non-hydrogen) atoms. The minimum Gasteiger partial charge on any atom is -0.368 e. The molecule has 1 aliphatic heterocycles. The van der Waals surface area contributed by atoms with E-state index in [1.165, 1.54) is 23.9 Å². The number of hydrogen-bond acceptors (Lipinski definition) is 7. The number of piperazine rings is 1. The normalized spacial score (nSPS) is 13.8. The molecule has 0 unspecified atom stereocenters. The third-order valence-electron chi connectivity index (χ3n) is 6.68. The monoisotopic (exact) mass is 578 g/mol. The summed E-state index contributed by atoms with van der Waals surface area (Å²) in [7, 11) is 0. The van der Waals surface area contributed by atoms with Crippen LogP contribution in [-0.4, -0.2) is 47.0 Å². The van der Waals surface area contributed by atoms with Crippen LogP contribution in [-0.2, 0) is 18.5 Å². The van der Waals surface area contributed by atoms with Crippen molar-refractivity contribution in [2.24, 2.45) is 0 Å². The smallest absolute Gasteiger partial charge is 0.368 e. The summed E-state index contributed by atoms with van der Waals surface area (Å²) in [6.45, 7) is 4.70.